The normalized spacial score (nSPS) is 21.2. The van der Waals surface area contributed by atoms with Crippen LogP contribution in [0.25, 0.3) is 0 Å². The van der Waals surface area contributed by atoms with Gasteiger partial charge >= 0.3 is 0 Å². The van der Waals surface area contributed by atoms with Crippen molar-refractivity contribution in [2.24, 2.45) is 11.8 Å². The number of carbonyl (C=O) groups excluding carboxylic acids is 3. The molecule has 0 saturated heterocycles. The highest BCUT2D eigenvalue weighted by Crippen LogP contribution is 2.38. The number of rotatable bonds is 22. The van der Waals surface area contributed by atoms with Gasteiger partial charge in [0.1, 0.15) is 17.3 Å². The average molecular weight is 655 g/mol. The quantitative estimate of drug-likeness (QED) is 0.119. The van der Waals surface area contributed by atoms with Crippen molar-refractivity contribution < 1.29 is 14.4 Å². The van der Waals surface area contributed by atoms with Crippen molar-refractivity contribution in [2.75, 3.05) is 0 Å². The number of Topliss-reactive ketones (excluding diaryl/α,β-unsaturated/α-hetero) is 3. The van der Waals surface area contributed by atoms with E-state index in [4.69, 9.17) is 0 Å². The molecule has 0 bridgehead atoms. The Bertz CT molecular complexity index is 1110. The zero-order chi connectivity index (χ0) is 34.0. The lowest BCUT2D eigenvalue weighted by Crippen LogP contribution is -2.21. The molecule has 2 fully saturated rings. The highest BCUT2D eigenvalue weighted by molar-refractivity contribution is 5.81. The summed E-state index contributed by atoms with van der Waals surface area (Å²) in [5, 5.41) is 0. The summed E-state index contributed by atoms with van der Waals surface area (Å²) in [5.41, 5.74) is 5.70. The van der Waals surface area contributed by atoms with E-state index in [0.717, 1.165) is 154 Å². The molecule has 0 radical (unpaired) electrons. The summed E-state index contributed by atoms with van der Waals surface area (Å²) in [6.07, 6.45) is 24.9. The van der Waals surface area contributed by atoms with Crippen LogP contribution < -0.4 is 0 Å². The predicted molar refractivity (Wildman–Crippen MR) is 201 cm³/mol. The first kappa shape index (κ1) is 38.3. The van der Waals surface area contributed by atoms with E-state index >= 15 is 0 Å². The van der Waals surface area contributed by atoms with Crippen LogP contribution in [0.4, 0.5) is 0 Å². The summed E-state index contributed by atoms with van der Waals surface area (Å²) in [4.78, 5) is 37.2. The average Bonchev–Trinajstić information content (AvgIpc) is 3.13. The van der Waals surface area contributed by atoms with Gasteiger partial charge in [-0.25, -0.2) is 0 Å². The molecule has 2 aliphatic rings. The minimum Gasteiger partial charge on any atom is -0.300 e. The van der Waals surface area contributed by atoms with E-state index < -0.39 is 0 Å². The SMILES string of the molecule is CCCCC(=O)C1CCC(c2ccc(CCCCCC(=O)CCCCCc3ccc([C@H]4CC[C@H](C(=O)CCCC)CC4)cc3)cc2)CC1. The molecule has 0 unspecified atom stereocenters. The molecule has 0 atom stereocenters. The summed E-state index contributed by atoms with van der Waals surface area (Å²) < 4.78 is 0. The topological polar surface area (TPSA) is 51.2 Å². The number of hydrogen-bond acceptors (Lipinski definition) is 3. The van der Waals surface area contributed by atoms with Crippen LogP contribution in [0.3, 0.4) is 0 Å². The minimum atomic E-state index is 0.309. The van der Waals surface area contributed by atoms with Gasteiger partial charge in [0.15, 0.2) is 0 Å². The zero-order valence-electron chi connectivity index (χ0n) is 30.6. The minimum absolute atomic E-state index is 0.309. The molecule has 0 aliphatic heterocycles. The molecule has 2 aromatic rings. The van der Waals surface area contributed by atoms with E-state index in [0.29, 0.717) is 41.0 Å². The predicted octanol–water partition coefficient (Wildman–Crippen LogP) is 12.2. The largest absolute Gasteiger partial charge is 0.300 e. The Balaban J connectivity index is 0.997. The van der Waals surface area contributed by atoms with Gasteiger partial charge in [0, 0.05) is 37.5 Å². The molecule has 0 N–H and O–H groups in total. The fraction of sp³-hybridized carbons (Fsp3) is 0.667. The summed E-state index contributed by atoms with van der Waals surface area (Å²) in [7, 11) is 0. The molecule has 3 heteroatoms. The van der Waals surface area contributed by atoms with Gasteiger partial charge in [-0.3, -0.25) is 14.4 Å². The molecular formula is C45H66O3. The Labute approximate surface area is 293 Å². The summed E-state index contributed by atoms with van der Waals surface area (Å²) >= 11 is 0. The second-order valence-corrected chi connectivity index (χ2v) is 15.4. The van der Waals surface area contributed by atoms with Gasteiger partial charge in [-0.15, -0.1) is 0 Å². The molecule has 0 aromatic heterocycles. The van der Waals surface area contributed by atoms with E-state index in [1.54, 1.807) is 0 Å². The smallest absolute Gasteiger partial charge is 0.135 e. The molecule has 2 aliphatic carbocycles. The van der Waals surface area contributed by atoms with Gasteiger partial charge < -0.3 is 0 Å². The maximum atomic E-state index is 12.5. The van der Waals surface area contributed by atoms with Crippen molar-refractivity contribution in [1.82, 2.24) is 0 Å². The lowest BCUT2D eigenvalue weighted by atomic mass is 9.76. The van der Waals surface area contributed by atoms with E-state index in [2.05, 4.69) is 62.4 Å². The molecule has 2 saturated carbocycles. The van der Waals surface area contributed by atoms with Crippen molar-refractivity contribution in [2.45, 2.75) is 180 Å². The Kier molecular flexibility index (Phi) is 17.1. The molecule has 0 heterocycles. The van der Waals surface area contributed by atoms with Gasteiger partial charge in [-0.2, -0.15) is 0 Å². The van der Waals surface area contributed by atoms with Crippen molar-refractivity contribution in [1.29, 1.82) is 0 Å². The van der Waals surface area contributed by atoms with Crippen LogP contribution in [-0.2, 0) is 27.2 Å². The van der Waals surface area contributed by atoms with Crippen LogP contribution in [0.15, 0.2) is 48.5 Å². The summed E-state index contributed by atoms with van der Waals surface area (Å²) in [6, 6.07) is 18.5. The fourth-order valence-corrected chi connectivity index (χ4v) is 8.30. The van der Waals surface area contributed by atoms with Crippen molar-refractivity contribution in [3.05, 3.63) is 70.8 Å². The molecule has 3 nitrogen and oxygen atoms in total. The first-order valence-electron chi connectivity index (χ1n) is 20.2. The monoisotopic (exact) mass is 655 g/mol. The fourth-order valence-electron chi connectivity index (χ4n) is 8.30. The van der Waals surface area contributed by atoms with E-state index in [1.807, 2.05) is 0 Å². The van der Waals surface area contributed by atoms with Gasteiger partial charge in [0.05, 0.1) is 0 Å². The van der Waals surface area contributed by atoms with Gasteiger partial charge in [-0.05, 0) is 137 Å². The van der Waals surface area contributed by atoms with Crippen LogP contribution in [-0.4, -0.2) is 17.3 Å². The van der Waals surface area contributed by atoms with Crippen molar-refractivity contribution in [3.8, 4) is 0 Å². The maximum Gasteiger partial charge on any atom is 0.135 e. The van der Waals surface area contributed by atoms with Crippen LogP contribution in [0, 0.1) is 11.8 Å². The summed E-state index contributed by atoms with van der Waals surface area (Å²) in [5.74, 6) is 3.29. The Hall–Kier alpha value is -2.55. The number of aryl methyl sites for hydroxylation is 2. The first-order valence-corrected chi connectivity index (χ1v) is 20.2. The van der Waals surface area contributed by atoms with E-state index in [-0.39, 0.29) is 0 Å². The molecule has 264 valence electrons. The van der Waals surface area contributed by atoms with E-state index in [9.17, 15) is 14.4 Å². The van der Waals surface area contributed by atoms with Crippen LogP contribution in [0.1, 0.15) is 189 Å². The number of carbonyl (C=O) groups is 3. The molecular weight excluding hydrogens is 588 g/mol. The van der Waals surface area contributed by atoms with Crippen LogP contribution in [0.2, 0.25) is 0 Å². The second kappa shape index (κ2) is 21.5. The first-order chi connectivity index (χ1) is 23.5. The van der Waals surface area contributed by atoms with Gasteiger partial charge in [0.2, 0.25) is 0 Å². The number of unbranched alkanes of at least 4 members (excludes halogenated alkanes) is 6. The Morgan fingerprint density at radius 2 is 0.833 bits per heavy atom. The molecule has 0 amide bonds. The third-order valence-electron chi connectivity index (χ3n) is 11.7. The maximum absolute atomic E-state index is 12.5. The van der Waals surface area contributed by atoms with Crippen molar-refractivity contribution >= 4 is 17.3 Å². The standard InChI is InChI=1S/C45H66O3/c1-3-5-17-44(47)41-31-27-39(28-32-41)37-23-19-35(20-24-37)13-9-7-11-15-43(46)16-12-8-10-14-36-21-25-38(26-22-36)40-29-33-42(34-30-40)45(48)18-6-4-2/h19-26,39-42H,3-18,27-34H2,1-2H3/t39-,40?,41-,42?. The van der Waals surface area contributed by atoms with Gasteiger partial charge in [0.25, 0.3) is 0 Å². The number of ketones is 3. The van der Waals surface area contributed by atoms with Crippen molar-refractivity contribution in [3.63, 3.8) is 0 Å². The lowest BCUT2D eigenvalue weighted by Gasteiger charge is -2.28. The summed E-state index contributed by atoms with van der Waals surface area (Å²) in [6.45, 7) is 4.32. The third-order valence-corrected chi connectivity index (χ3v) is 11.7. The third kappa shape index (κ3) is 13.1. The Morgan fingerprint density at radius 3 is 1.19 bits per heavy atom. The van der Waals surface area contributed by atoms with Gasteiger partial charge in [-0.1, -0.05) is 88.1 Å². The highest BCUT2D eigenvalue weighted by atomic mass is 16.1. The molecule has 48 heavy (non-hydrogen) atoms. The number of hydrogen-bond donors (Lipinski definition) is 0. The van der Waals surface area contributed by atoms with Crippen LogP contribution in [0.5, 0.6) is 0 Å². The highest BCUT2D eigenvalue weighted by Gasteiger charge is 2.27. The van der Waals surface area contributed by atoms with E-state index in [1.165, 1.54) is 22.3 Å². The zero-order valence-corrected chi connectivity index (χ0v) is 30.6. The van der Waals surface area contributed by atoms with Crippen LogP contribution >= 0.6 is 0 Å². The number of benzene rings is 2. The Morgan fingerprint density at radius 1 is 0.458 bits per heavy atom. The second-order valence-electron chi connectivity index (χ2n) is 15.4. The molecule has 0 spiro atoms. The molecule has 4 rings (SSSR count). The molecule has 2 aromatic carbocycles. The lowest BCUT2D eigenvalue weighted by molar-refractivity contribution is -0.124.